The maximum Gasteiger partial charge on any atom is 0.252 e. The molecular formula is C19H26N2O5. The number of hydrogen-bond donors (Lipinski definition) is 2. The lowest BCUT2D eigenvalue weighted by Gasteiger charge is -2.31. The van der Waals surface area contributed by atoms with Gasteiger partial charge in [0.1, 0.15) is 0 Å². The van der Waals surface area contributed by atoms with Gasteiger partial charge in [-0.1, -0.05) is 0 Å². The quantitative estimate of drug-likeness (QED) is 0.815. The van der Waals surface area contributed by atoms with Gasteiger partial charge in [-0.05, 0) is 31.4 Å². The van der Waals surface area contributed by atoms with Crippen LogP contribution >= 0.6 is 0 Å². The highest BCUT2D eigenvalue weighted by atomic mass is 16.5. The van der Waals surface area contributed by atoms with Crippen LogP contribution in [0.25, 0.3) is 10.9 Å². The predicted octanol–water partition coefficient (Wildman–Crippen LogP) is 1.76. The third-order valence-corrected chi connectivity index (χ3v) is 4.98. The highest BCUT2D eigenvalue weighted by molar-refractivity contribution is 5.90. The molecule has 0 aliphatic carbocycles. The van der Waals surface area contributed by atoms with Crippen LogP contribution in [0.2, 0.25) is 0 Å². The van der Waals surface area contributed by atoms with Gasteiger partial charge < -0.3 is 24.3 Å². The van der Waals surface area contributed by atoms with Crippen molar-refractivity contribution in [3.8, 4) is 17.2 Å². The fourth-order valence-corrected chi connectivity index (χ4v) is 3.67. The molecule has 26 heavy (non-hydrogen) atoms. The number of nitrogens with one attached hydrogen (secondary N) is 1. The van der Waals surface area contributed by atoms with Gasteiger partial charge in [-0.25, -0.2) is 0 Å². The average molecular weight is 362 g/mol. The van der Waals surface area contributed by atoms with Crippen LogP contribution in [0.4, 0.5) is 0 Å². The lowest BCUT2D eigenvalue weighted by molar-refractivity contribution is 0.115. The Morgan fingerprint density at radius 2 is 1.96 bits per heavy atom. The molecule has 2 aromatic rings. The summed E-state index contributed by atoms with van der Waals surface area (Å²) < 4.78 is 16.3. The Hall–Kier alpha value is -2.25. The number of rotatable bonds is 6. The average Bonchev–Trinajstić information content (AvgIpc) is 2.67. The SMILES string of the molecule is COc1cc2[nH]c(=O)c(CN3CCCC(CO)C3)cc2c(OC)c1OC. The molecule has 7 heteroatoms. The van der Waals surface area contributed by atoms with Crippen molar-refractivity contribution in [1.82, 2.24) is 9.88 Å². The van der Waals surface area contributed by atoms with Gasteiger partial charge in [0, 0.05) is 36.7 Å². The first kappa shape index (κ1) is 18.5. The van der Waals surface area contributed by atoms with Crippen molar-refractivity contribution in [1.29, 1.82) is 0 Å². The number of aliphatic hydroxyl groups is 1. The molecule has 2 heterocycles. The van der Waals surface area contributed by atoms with Gasteiger partial charge in [-0.3, -0.25) is 9.69 Å². The summed E-state index contributed by atoms with van der Waals surface area (Å²) in [5, 5.41) is 10.2. The molecule has 3 rings (SSSR count). The number of H-pyrrole nitrogens is 1. The van der Waals surface area contributed by atoms with Crippen LogP contribution in [-0.4, -0.2) is 56.0 Å². The van der Waals surface area contributed by atoms with Crippen LogP contribution in [0, 0.1) is 5.92 Å². The number of methoxy groups -OCH3 is 3. The van der Waals surface area contributed by atoms with Crippen LogP contribution in [0.1, 0.15) is 18.4 Å². The Morgan fingerprint density at radius 3 is 2.62 bits per heavy atom. The van der Waals surface area contributed by atoms with Crippen LogP contribution in [-0.2, 0) is 6.54 Å². The van der Waals surface area contributed by atoms with E-state index in [4.69, 9.17) is 14.2 Å². The number of ether oxygens (including phenoxy) is 3. The number of aromatic amines is 1. The summed E-state index contributed by atoms with van der Waals surface area (Å²) in [6.45, 7) is 2.46. The van der Waals surface area contributed by atoms with Crippen molar-refractivity contribution in [3.63, 3.8) is 0 Å². The van der Waals surface area contributed by atoms with Crippen LogP contribution in [0.15, 0.2) is 16.9 Å². The van der Waals surface area contributed by atoms with E-state index in [2.05, 4.69) is 9.88 Å². The van der Waals surface area contributed by atoms with E-state index in [-0.39, 0.29) is 18.1 Å². The maximum absolute atomic E-state index is 12.6. The largest absolute Gasteiger partial charge is 0.493 e. The van der Waals surface area contributed by atoms with Crippen molar-refractivity contribution in [3.05, 3.63) is 28.0 Å². The van der Waals surface area contributed by atoms with Gasteiger partial charge >= 0.3 is 0 Å². The van der Waals surface area contributed by atoms with Gasteiger partial charge in [-0.15, -0.1) is 0 Å². The number of hydrogen-bond acceptors (Lipinski definition) is 6. The second kappa shape index (κ2) is 7.97. The molecule has 7 nitrogen and oxygen atoms in total. The van der Waals surface area contributed by atoms with E-state index < -0.39 is 0 Å². The first-order chi connectivity index (χ1) is 12.6. The van der Waals surface area contributed by atoms with E-state index >= 15 is 0 Å². The van der Waals surface area contributed by atoms with Gasteiger partial charge in [0.15, 0.2) is 11.5 Å². The number of nitrogens with zero attached hydrogens (tertiary/aromatic N) is 1. The van der Waals surface area contributed by atoms with E-state index in [1.807, 2.05) is 6.07 Å². The van der Waals surface area contributed by atoms with Crippen molar-refractivity contribution in [2.45, 2.75) is 19.4 Å². The van der Waals surface area contributed by atoms with E-state index in [0.29, 0.717) is 34.9 Å². The molecule has 0 spiro atoms. The van der Waals surface area contributed by atoms with E-state index in [0.717, 1.165) is 31.3 Å². The lowest BCUT2D eigenvalue weighted by atomic mass is 9.98. The maximum atomic E-state index is 12.6. The van der Waals surface area contributed by atoms with Gasteiger partial charge in [0.25, 0.3) is 5.56 Å². The Labute approximate surface area is 152 Å². The smallest absolute Gasteiger partial charge is 0.252 e. The van der Waals surface area contributed by atoms with Crippen LogP contribution in [0.5, 0.6) is 17.2 Å². The molecule has 2 N–H and O–H groups in total. The second-order valence-electron chi connectivity index (χ2n) is 6.66. The summed E-state index contributed by atoms with van der Waals surface area (Å²) >= 11 is 0. The predicted molar refractivity (Wildman–Crippen MR) is 99.3 cm³/mol. The standard InChI is InChI=1S/C19H26N2O5/c1-24-16-8-15-14(17(25-2)18(16)26-3)7-13(19(23)20-15)10-21-6-4-5-12(9-21)11-22/h7-8,12,22H,4-6,9-11H2,1-3H3,(H,20,23). The normalized spacial score (nSPS) is 18.1. The molecule has 142 valence electrons. The molecule has 1 aliphatic rings. The summed E-state index contributed by atoms with van der Waals surface area (Å²) in [5.41, 5.74) is 1.18. The number of likely N-dealkylation sites (tertiary alicyclic amines) is 1. The second-order valence-corrected chi connectivity index (χ2v) is 6.66. The van der Waals surface area contributed by atoms with Crippen LogP contribution < -0.4 is 19.8 Å². The molecule has 0 bridgehead atoms. The Bertz CT molecular complexity index is 833. The number of pyridine rings is 1. The van der Waals surface area contributed by atoms with Crippen LogP contribution in [0.3, 0.4) is 0 Å². The Balaban J connectivity index is 2.02. The fourth-order valence-electron chi connectivity index (χ4n) is 3.67. The topological polar surface area (TPSA) is 84.0 Å². The molecule has 1 unspecified atom stereocenters. The molecule has 0 amide bonds. The number of benzene rings is 1. The number of aliphatic hydroxyl groups excluding tert-OH is 1. The summed E-state index contributed by atoms with van der Waals surface area (Å²) in [7, 11) is 4.67. The summed E-state index contributed by atoms with van der Waals surface area (Å²) in [5.74, 6) is 1.81. The van der Waals surface area contributed by atoms with Crippen molar-refractivity contribution < 1.29 is 19.3 Å². The number of piperidine rings is 1. The zero-order valence-electron chi connectivity index (χ0n) is 15.5. The van der Waals surface area contributed by atoms with Crippen molar-refractivity contribution >= 4 is 10.9 Å². The molecule has 1 aromatic carbocycles. The van der Waals surface area contributed by atoms with Gasteiger partial charge in [0.05, 0.1) is 26.8 Å². The van der Waals surface area contributed by atoms with E-state index in [9.17, 15) is 9.90 Å². The molecule has 1 fully saturated rings. The molecule has 1 aliphatic heterocycles. The fraction of sp³-hybridized carbons (Fsp3) is 0.526. The monoisotopic (exact) mass is 362 g/mol. The minimum Gasteiger partial charge on any atom is -0.493 e. The zero-order chi connectivity index (χ0) is 18.7. The minimum absolute atomic E-state index is 0.127. The third-order valence-electron chi connectivity index (χ3n) is 4.98. The highest BCUT2D eigenvalue weighted by Gasteiger charge is 2.22. The first-order valence-corrected chi connectivity index (χ1v) is 8.79. The van der Waals surface area contributed by atoms with E-state index in [1.54, 1.807) is 27.4 Å². The number of aromatic nitrogens is 1. The summed E-state index contributed by atoms with van der Waals surface area (Å²) in [4.78, 5) is 17.7. The molecule has 1 saturated heterocycles. The molecule has 1 atom stereocenters. The number of fused-ring (bicyclic) bond motifs is 1. The first-order valence-electron chi connectivity index (χ1n) is 8.79. The molecule has 0 radical (unpaired) electrons. The van der Waals surface area contributed by atoms with Gasteiger partial charge in [-0.2, -0.15) is 0 Å². The highest BCUT2D eigenvalue weighted by Crippen LogP contribution is 2.42. The zero-order valence-corrected chi connectivity index (χ0v) is 15.5. The summed E-state index contributed by atoms with van der Waals surface area (Å²) in [6.07, 6.45) is 2.07. The third kappa shape index (κ3) is 3.50. The summed E-state index contributed by atoms with van der Waals surface area (Å²) in [6, 6.07) is 3.60. The molecule has 0 saturated carbocycles. The molecular weight excluding hydrogens is 336 g/mol. The van der Waals surface area contributed by atoms with Crippen molar-refractivity contribution in [2.75, 3.05) is 41.0 Å². The minimum atomic E-state index is -0.127. The van der Waals surface area contributed by atoms with E-state index in [1.165, 1.54) is 0 Å². The Kier molecular flexibility index (Phi) is 5.68. The lowest BCUT2D eigenvalue weighted by Crippen LogP contribution is -2.37. The Morgan fingerprint density at radius 1 is 1.19 bits per heavy atom. The van der Waals surface area contributed by atoms with Crippen molar-refractivity contribution in [2.24, 2.45) is 5.92 Å². The van der Waals surface area contributed by atoms with Gasteiger partial charge in [0.2, 0.25) is 5.75 Å². The molecule has 1 aromatic heterocycles.